The van der Waals surface area contributed by atoms with E-state index in [1.165, 1.54) is 16.0 Å². The van der Waals surface area contributed by atoms with Gasteiger partial charge >= 0.3 is 0 Å². The van der Waals surface area contributed by atoms with Crippen LogP contribution in [0.5, 0.6) is 0 Å². The summed E-state index contributed by atoms with van der Waals surface area (Å²) in [6.45, 7) is 3.43. The molecule has 0 unspecified atom stereocenters. The highest BCUT2D eigenvalue weighted by Crippen LogP contribution is 2.25. The van der Waals surface area contributed by atoms with Crippen LogP contribution in [-0.2, 0) is 11.4 Å². The van der Waals surface area contributed by atoms with Gasteiger partial charge in [0.05, 0.1) is 13.2 Å². The Kier molecular flexibility index (Phi) is 4.10. The zero-order valence-corrected chi connectivity index (χ0v) is 10.1. The van der Waals surface area contributed by atoms with E-state index < -0.39 is 0 Å². The first-order chi connectivity index (χ1) is 7.90. The molecule has 0 radical (unpaired) electrons. The average Bonchev–Trinajstić information content (AvgIpc) is 2.79. The minimum Gasteiger partial charge on any atom is -0.302 e. The lowest BCUT2D eigenvalue weighted by Crippen LogP contribution is -2.12. The molecule has 2 rings (SSSR count). The Hall–Kier alpha value is -1.16. The number of hydrogen-bond acceptors (Lipinski definition) is 3. The number of rotatable bonds is 5. The summed E-state index contributed by atoms with van der Waals surface area (Å²) in [5.41, 5.74) is 5.47. The molecular weight excluding hydrogens is 218 g/mol. The number of hydroxylamine groups is 1. The predicted molar refractivity (Wildman–Crippen MR) is 68.2 cm³/mol. The molecule has 0 fully saturated rings. The lowest BCUT2D eigenvalue weighted by atomic mass is 10.1. The van der Waals surface area contributed by atoms with Crippen LogP contribution < -0.4 is 5.48 Å². The van der Waals surface area contributed by atoms with Crippen molar-refractivity contribution >= 4 is 11.3 Å². The normalized spacial score (nSPS) is 10.6. The van der Waals surface area contributed by atoms with Crippen molar-refractivity contribution in [1.82, 2.24) is 5.48 Å². The van der Waals surface area contributed by atoms with E-state index in [-0.39, 0.29) is 0 Å². The van der Waals surface area contributed by atoms with E-state index in [9.17, 15) is 0 Å². The summed E-state index contributed by atoms with van der Waals surface area (Å²) >= 11 is 1.75. The summed E-state index contributed by atoms with van der Waals surface area (Å²) in [5, 5.41) is 2.18. The fourth-order valence-corrected chi connectivity index (χ4v) is 2.30. The van der Waals surface area contributed by atoms with Gasteiger partial charge in [-0.05, 0) is 29.5 Å². The Morgan fingerprint density at radius 1 is 1.19 bits per heavy atom. The lowest BCUT2D eigenvalue weighted by molar-refractivity contribution is 0.0469. The maximum atomic E-state index is 5.11. The van der Waals surface area contributed by atoms with Gasteiger partial charge in [-0.2, -0.15) is 5.48 Å². The first-order valence-corrected chi connectivity index (χ1v) is 6.25. The summed E-state index contributed by atoms with van der Waals surface area (Å²) in [6.07, 6.45) is 0. The van der Waals surface area contributed by atoms with Crippen molar-refractivity contribution in [2.24, 2.45) is 0 Å². The molecule has 3 heteroatoms. The molecule has 2 nitrogen and oxygen atoms in total. The van der Waals surface area contributed by atoms with Crippen molar-refractivity contribution in [1.29, 1.82) is 0 Å². The van der Waals surface area contributed by atoms with Crippen LogP contribution in [0.25, 0.3) is 11.1 Å². The zero-order valence-electron chi connectivity index (χ0n) is 9.27. The van der Waals surface area contributed by atoms with Gasteiger partial charge in [0.2, 0.25) is 0 Å². The Balaban J connectivity index is 2.02. The minimum atomic E-state index is 0.691. The standard InChI is InChI=1S/C13H15NOS/c1-2-15-14-9-13-8-12(10-16-13)11-6-4-3-5-7-11/h3-8,10,14H,2,9H2,1H3. The first-order valence-electron chi connectivity index (χ1n) is 5.37. The maximum Gasteiger partial charge on any atom is 0.0654 e. The smallest absolute Gasteiger partial charge is 0.0654 e. The van der Waals surface area contributed by atoms with Gasteiger partial charge in [-0.1, -0.05) is 30.3 Å². The van der Waals surface area contributed by atoms with Gasteiger partial charge < -0.3 is 4.84 Å². The summed E-state index contributed by atoms with van der Waals surface area (Å²) in [5.74, 6) is 0. The summed E-state index contributed by atoms with van der Waals surface area (Å²) in [4.78, 5) is 6.39. The molecule has 0 amide bonds. The second-order valence-electron chi connectivity index (χ2n) is 3.42. The van der Waals surface area contributed by atoms with E-state index in [2.05, 4.69) is 41.2 Å². The van der Waals surface area contributed by atoms with Crippen molar-refractivity contribution < 1.29 is 4.84 Å². The van der Waals surface area contributed by atoms with Crippen LogP contribution in [-0.4, -0.2) is 6.61 Å². The Morgan fingerprint density at radius 3 is 2.75 bits per heavy atom. The molecule has 0 aliphatic rings. The van der Waals surface area contributed by atoms with Gasteiger partial charge in [0.15, 0.2) is 0 Å². The second-order valence-corrected chi connectivity index (χ2v) is 4.42. The molecule has 0 aliphatic carbocycles. The van der Waals surface area contributed by atoms with E-state index in [0.717, 1.165) is 6.54 Å². The Bertz CT molecular complexity index is 425. The fraction of sp³-hybridized carbons (Fsp3) is 0.231. The number of thiophene rings is 1. The largest absolute Gasteiger partial charge is 0.302 e. The minimum absolute atomic E-state index is 0.691. The van der Waals surface area contributed by atoms with E-state index >= 15 is 0 Å². The monoisotopic (exact) mass is 233 g/mol. The average molecular weight is 233 g/mol. The van der Waals surface area contributed by atoms with Gasteiger partial charge in [0.25, 0.3) is 0 Å². The number of hydrogen-bond donors (Lipinski definition) is 1. The van der Waals surface area contributed by atoms with Crippen LogP contribution >= 0.6 is 11.3 Å². The lowest BCUT2D eigenvalue weighted by Gasteiger charge is -2.00. The highest BCUT2D eigenvalue weighted by atomic mass is 32.1. The van der Waals surface area contributed by atoms with Crippen LogP contribution in [0.1, 0.15) is 11.8 Å². The number of benzene rings is 1. The second kappa shape index (κ2) is 5.80. The van der Waals surface area contributed by atoms with E-state index in [0.29, 0.717) is 6.61 Å². The molecule has 1 aromatic carbocycles. The van der Waals surface area contributed by atoms with Gasteiger partial charge in [-0.25, -0.2) is 0 Å². The third kappa shape index (κ3) is 2.92. The molecule has 0 bridgehead atoms. The Labute approximate surface area is 99.8 Å². The van der Waals surface area contributed by atoms with Crippen molar-refractivity contribution in [3.05, 3.63) is 46.7 Å². The summed E-state index contributed by atoms with van der Waals surface area (Å²) in [6, 6.07) is 12.6. The SMILES string of the molecule is CCONCc1cc(-c2ccccc2)cs1. The molecule has 84 valence electrons. The molecule has 1 aromatic heterocycles. The van der Waals surface area contributed by atoms with Crippen LogP contribution in [0.3, 0.4) is 0 Å². The van der Waals surface area contributed by atoms with Crippen LogP contribution in [0.4, 0.5) is 0 Å². The molecule has 0 aliphatic heterocycles. The van der Waals surface area contributed by atoms with Crippen LogP contribution in [0.15, 0.2) is 41.8 Å². The molecule has 0 saturated heterocycles. The summed E-state index contributed by atoms with van der Waals surface area (Å²) < 4.78 is 0. The van der Waals surface area contributed by atoms with Gasteiger partial charge in [0.1, 0.15) is 0 Å². The molecule has 0 saturated carbocycles. The fourth-order valence-electron chi connectivity index (χ4n) is 1.48. The Morgan fingerprint density at radius 2 is 2.00 bits per heavy atom. The highest BCUT2D eigenvalue weighted by molar-refractivity contribution is 7.10. The van der Waals surface area contributed by atoms with E-state index in [1.54, 1.807) is 11.3 Å². The third-order valence-electron chi connectivity index (χ3n) is 2.25. The zero-order chi connectivity index (χ0) is 11.2. The molecule has 1 N–H and O–H groups in total. The van der Waals surface area contributed by atoms with E-state index in [4.69, 9.17) is 4.84 Å². The topological polar surface area (TPSA) is 21.3 Å². The van der Waals surface area contributed by atoms with Crippen LogP contribution in [0.2, 0.25) is 0 Å². The molecule has 16 heavy (non-hydrogen) atoms. The predicted octanol–water partition coefficient (Wildman–Crippen LogP) is 3.46. The third-order valence-corrected chi connectivity index (χ3v) is 3.19. The van der Waals surface area contributed by atoms with Crippen molar-refractivity contribution in [2.45, 2.75) is 13.5 Å². The van der Waals surface area contributed by atoms with Crippen molar-refractivity contribution in [2.75, 3.05) is 6.61 Å². The van der Waals surface area contributed by atoms with E-state index in [1.807, 2.05) is 13.0 Å². The van der Waals surface area contributed by atoms with Crippen LogP contribution in [0, 0.1) is 0 Å². The van der Waals surface area contributed by atoms with Gasteiger partial charge in [-0.15, -0.1) is 11.3 Å². The molecular formula is C13H15NOS. The first kappa shape index (κ1) is 11.3. The van der Waals surface area contributed by atoms with Crippen molar-refractivity contribution in [3.8, 4) is 11.1 Å². The van der Waals surface area contributed by atoms with Crippen molar-refractivity contribution in [3.63, 3.8) is 0 Å². The summed E-state index contributed by atoms with van der Waals surface area (Å²) in [7, 11) is 0. The highest BCUT2D eigenvalue weighted by Gasteiger charge is 2.01. The quantitative estimate of drug-likeness (QED) is 0.631. The molecule has 0 spiro atoms. The van der Waals surface area contributed by atoms with Gasteiger partial charge in [-0.3, -0.25) is 0 Å². The van der Waals surface area contributed by atoms with Gasteiger partial charge in [0, 0.05) is 4.88 Å². The number of nitrogens with one attached hydrogen (secondary N) is 1. The molecule has 1 heterocycles. The molecule has 0 atom stereocenters. The molecule has 2 aromatic rings. The maximum absolute atomic E-state index is 5.11.